The van der Waals surface area contributed by atoms with E-state index in [2.05, 4.69) is 5.32 Å². The van der Waals surface area contributed by atoms with Crippen molar-refractivity contribution in [1.29, 1.82) is 0 Å². The fraction of sp³-hybridized carbons (Fsp3) is 0.600. The maximum atomic E-state index is 11.1. The van der Waals surface area contributed by atoms with E-state index >= 15 is 0 Å². The van der Waals surface area contributed by atoms with Crippen LogP contribution in [0.15, 0.2) is 11.3 Å². The molecule has 0 bridgehead atoms. The minimum absolute atomic E-state index is 0.111. The Morgan fingerprint density at radius 2 is 2.00 bits per heavy atom. The number of nitrogens with one attached hydrogen (secondary N) is 1. The smallest absolute Gasteiger partial charge is 0.333 e. The molecule has 2 N–H and O–H groups in total. The van der Waals surface area contributed by atoms with Crippen LogP contribution in [0.3, 0.4) is 0 Å². The fourth-order valence-corrected chi connectivity index (χ4v) is 1.54. The average molecular weight is 197 g/mol. The van der Waals surface area contributed by atoms with Gasteiger partial charge in [0, 0.05) is 12.1 Å². The molecule has 0 aliphatic heterocycles. The first kappa shape index (κ1) is 10.8. The topological polar surface area (TPSA) is 66.4 Å². The lowest BCUT2D eigenvalue weighted by Gasteiger charge is -2.17. The molecule has 0 atom stereocenters. The number of rotatable bonds is 3. The lowest BCUT2D eigenvalue weighted by atomic mass is 9.96. The van der Waals surface area contributed by atoms with Gasteiger partial charge in [0.05, 0.1) is 5.57 Å². The van der Waals surface area contributed by atoms with Crippen molar-refractivity contribution in [3.8, 4) is 0 Å². The third kappa shape index (κ3) is 2.58. The molecule has 1 rings (SSSR count). The molecule has 1 amide bonds. The van der Waals surface area contributed by atoms with Crippen LogP contribution in [-0.4, -0.2) is 17.0 Å². The molecule has 0 unspecified atom stereocenters. The molecule has 1 aliphatic rings. The maximum Gasteiger partial charge on any atom is 0.333 e. The Kier molecular flexibility index (Phi) is 3.68. The molecule has 0 radical (unpaired) electrons. The zero-order valence-corrected chi connectivity index (χ0v) is 8.30. The van der Waals surface area contributed by atoms with Gasteiger partial charge in [0.25, 0.3) is 0 Å². The molecule has 0 saturated heterocycles. The minimum Gasteiger partial charge on any atom is -0.478 e. The van der Waals surface area contributed by atoms with Crippen LogP contribution in [0.25, 0.3) is 0 Å². The highest BCUT2D eigenvalue weighted by atomic mass is 16.4. The van der Waals surface area contributed by atoms with E-state index in [1.807, 2.05) is 0 Å². The van der Waals surface area contributed by atoms with Gasteiger partial charge < -0.3 is 10.4 Å². The van der Waals surface area contributed by atoms with Crippen molar-refractivity contribution in [1.82, 2.24) is 5.32 Å². The van der Waals surface area contributed by atoms with Gasteiger partial charge >= 0.3 is 5.97 Å². The van der Waals surface area contributed by atoms with Gasteiger partial charge in [0.15, 0.2) is 0 Å². The van der Waals surface area contributed by atoms with E-state index in [0.29, 0.717) is 30.5 Å². The monoisotopic (exact) mass is 197 g/mol. The van der Waals surface area contributed by atoms with Gasteiger partial charge in [-0.3, -0.25) is 4.79 Å². The highest BCUT2D eigenvalue weighted by Gasteiger charge is 2.19. The molecule has 0 aromatic carbocycles. The molecule has 4 heteroatoms. The number of carboxylic acids is 1. The predicted molar refractivity (Wildman–Crippen MR) is 51.6 cm³/mol. The summed E-state index contributed by atoms with van der Waals surface area (Å²) in [6.45, 7) is 1.75. The third-order valence-corrected chi connectivity index (χ3v) is 2.34. The second kappa shape index (κ2) is 4.79. The summed E-state index contributed by atoms with van der Waals surface area (Å²) in [7, 11) is 0. The lowest BCUT2D eigenvalue weighted by Crippen LogP contribution is -2.26. The predicted octanol–water partition coefficient (Wildman–Crippen LogP) is 1.43. The van der Waals surface area contributed by atoms with Crippen LogP contribution in [0.5, 0.6) is 0 Å². The summed E-state index contributed by atoms with van der Waals surface area (Å²) in [4.78, 5) is 21.9. The summed E-state index contributed by atoms with van der Waals surface area (Å²) >= 11 is 0. The first-order valence-corrected chi connectivity index (χ1v) is 4.90. The molecule has 14 heavy (non-hydrogen) atoms. The zero-order valence-electron chi connectivity index (χ0n) is 8.30. The molecule has 78 valence electrons. The Hall–Kier alpha value is -1.32. The molecule has 0 saturated carbocycles. The quantitative estimate of drug-likeness (QED) is 0.719. The number of carboxylic acid groups (broad SMARTS) is 1. The van der Waals surface area contributed by atoms with Crippen LogP contribution in [0.2, 0.25) is 0 Å². The summed E-state index contributed by atoms with van der Waals surface area (Å²) in [5.41, 5.74) is 0.980. The van der Waals surface area contributed by atoms with Crippen molar-refractivity contribution in [2.45, 2.75) is 39.0 Å². The Balaban J connectivity index is 2.78. The maximum absolute atomic E-state index is 11.1. The number of carbonyl (C=O) groups excluding carboxylic acids is 1. The number of allylic oxidation sites excluding steroid dienone is 1. The van der Waals surface area contributed by atoms with E-state index in [4.69, 9.17) is 5.11 Å². The van der Waals surface area contributed by atoms with Gasteiger partial charge in [-0.25, -0.2) is 4.79 Å². The number of hydrogen-bond donors (Lipinski definition) is 2. The van der Waals surface area contributed by atoms with Gasteiger partial charge in [0.2, 0.25) is 5.91 Å². The molecule has 0 aromatic rings. The summed E-state index contributed by atoms with van der Waals surface area (Å²) in [5.74, 6) is -1.02. The molecule has 1 aliphatic carbocycles. The van der Waals surface area contributed by atoms with E-state index in [-0.39, 0.29) is 5.91 Å². The standard InChI is InChI=1S/C10H15NO3/c1-2-9(12)11-8-6-4-3-5-7(8)10(13)14/h2-6H2,1H3,(H,11,12)(H,13,14). The van der Waals surface area contributed by atoms with E-state index in [0.717, 1.165) is 12.8 Å². The van der Waals surface area contributed by atoms with Crippen LogP contribution >= 0.6 is 0 Å². The Morgan fingerprint density at radius 1 is 1.36 bits per heavy atom. The second-order valence-corrected chi connectivity index (χ2v) is 3.37. The normalized spacial score (nSPS) is 16.6. The number of hydrogen-bond acceptors (Lipinski definition) is 2. The zero-order chi connectivity index (χ0) is 10.6. The van der Waals surface area contributed by atoms with Gasteiger partial charge in [0.1, 0.15) is 0 Å². The first-order valence-electron chi connectivity index (χ1n) is 4.90. The van der Waals surface area contributed by atoms with E-state index in [1.165, 1.54) is 0 Å². The van der Waals surface area contributed by atoms with Crippen LogP contribution in [0.1, 0.15) is 39.0 Å². The fourth-order valence-electron chi connectivity index (χ4n) is 1.54. The van der Waals surface area contributed by atoms with Crippen molar-refractivity contribution in [3.63, 3.8) is 0 Å². The van der Waals surface area contributed by atoms with Gasteiger partial charge in [-0.15, -0.1) is 0 Å². The minimum atomic E-state index is -0.906. The Morgan fingerprint density at radius 3 is 2.57 bits per heavy atom. The molecule has 0 spiro atoms. The van der Waals surface area contributed by atoms with Gasteiger partial charge in [-0.1, -0.05) is 6.92 Å². The molecular weight excluding hydrogens is 182 g/mol. The van der Waals surface area contributed by atoms with E-state index in [1.54, 1.807) is 6.92 Å². The van der Waals surface area contributed by atoms with Crippen molar-refractivity contribution in [3.05, 3.63) is 11.3 Å². The summed E-state index contributed by atoms with van der Waals surface area (Å²) in [6.07, 6.45) is 3.47. The van der Waals surface area contributed by atoms with Gasteiger partial charge in [-0.2, -0.15) is 0 Å². The third-order valence-electron chi connectivity index (χ3n) is 2.34. The SMILES string of the molecule is CCC(=O)NC1=C(C(=O)O)CCCC1. The number of amides is 1. The van der Waals surface area contributed by atoms with Gasteiger partial charge in [-0.05, 0) is 25.7 Å². The van der Waals surface area contributed by atoms with Crippen molar-refractivity contribution >= 4 is 11.9 Å². The van der Waals surface area contributed by atoms with Crippen LogP contribution in [0, 0.1) is 0 Å². The molecule has 4 nitrogen and oxygen atoms in total. The van der Waals surface area contributed by atoms with Crippen LogP contribution < -0.4 is 5.32 Å². The number of carbonyl (C=O) groups is 2. The first-order chi connectivity index (χ1) is 6.65. The number of aliphatic carboxylic acids is 1. The summed E-state index contributed by atoms with van der Waals surface area (Å²) < 4.78 is 0. The lowest BCUT2D eigenvalue weighted by molar-refractivity contribution is -0.133. The molecular formula is C10H15NO3. The Labute approximate surface area is 83.0 Å². The summed E-state index contributed by atoms with van der Waals surface area (Å²) in [6, 6.07) is 0. The van der Waals surface area contributed by atoms with Crippen LogP contribution in [0.4, 0.5) is 0 Å². The van der Waals surface area contributed by atoms with Crippen molar-refractivity contribution in [2.24, 2.45) is 0 Å². The largest absolute Gasteiger partial charge is 0.478 e. The summed E-state index contributed by atoms with van der Waals surface area (Å²) in [5, 5.41) is 11.5. The highest BCUT2D eigenvalue weighted by molar-refractivity contribution is 5.89. The molecule has 0 aromatic heterocycles. The van der Waals surface area contributed by atoms with Crippen LogP contribution in [-0.2, 0) is 9.59 Å². The van der Waals surface area contributed by atoms with E-state index < -0.39 is 5.97 Å². The van der Waals surface area contributed by atoms with Crippen molar-refractivity contribution in [2.75, 3.05) is 0 Å². The molecule has 0 fully saturated rings. The highest BCUT2D eigenvalue weighted by Crippen LogP contribution is 2.22. The van der Waals surface area contributed by atoms with Crippen molar-refractivity contribution < 1.29 is 14.7 Å². The second-order valence-electron chi connectivity index (χ2n) is 3.37. The molecule has 0 heterocycles. The van der Waals surface area contributed by atoms with E-state index in [9.17, 15) is 9.59 Å². The average Bonchev–Trinajstić information content (AvgIpc) is 2.18. The Bertz CT molecular complexity index is 281.